The highest BCUT2D eigenvalue weighted by molar-refractivity contribution is 8.14. The number of aliphatic imine (C=N–C) groups is 1. The fraction of sp³-hybridized carbons (Fsp3) is 0.235. The second-order valence-corrected chi connectivity index (χ2v) is 6.27. The summed E-state index contributed by atoms with van der Waals surface area (Å²) in [5, 5.41) is 10.7. The molecule has 1 aromatic carbocycles. The molecule has 0 saturated heterocycles. The molecule has 2 rings (SSSR count). The van der Waals surface area contributed by atoms with E-state index < -0.39 is 17.1 Å². The zero-order chi connectivity index (χ0) is 17.9. The molecule has 0 atom stereocenters. The van der Waals surface area contributed by atoms with Crippen molar-refractivity contribution >= 4 is 22.5 Å². The number of aromatic hydroxyl groups is 1. The summed E-state index contributed by atoms with van der Waals surface area (Å²) >= 11 is 1.27. The summed E-state index contributed by atoms with van der Waals surface area (Å²) in [5.41, 5.74) is 0.523. The minimum Gasteiger partial charge on any atom is -0.494 e. The average molecular weight is 345 g/mol. The van der Waals surface area contributed by atoms with Crippen molar-refractivity contribution in [2.75, 3.05) is 5.75 Å². The van der Waals surface area contributed by atoms with Crippen molar-refractivity contribution in [2.45, 2.75) is 6.92 Å². The molecule has 0 aliphatic rings. The maximum absolute atomic E-state index is 12.5. The number of nitrogens with zero attached hydrogens (tertiary/aromatic N) is 3. The van der Waals surface area contributed by atoms with E-state index in [1.807, 2.05) is 31.2 Å². The molecule has 1 heterocycles. The Kier molecular flexibility index (Phi) is 5.46. The molecular formula is C17H19N3O3S. The van der Waals surface area contributed by atoms with Gasteiger partial charge in [-0.3, -0.25) is 13.9 Å². The topological polar surface area (TPSA) is 76.6 Å². The number of benzene rings is 1. The van der Waals surface area contributed by atoms with Gasteiger partial charge in [0.1, 0.15) is 10.6 Å². The van der Waals surface area contributed by atoms with Crippen molar-refractivity contribution in [3.8, 4) is 5.88 Å². The predicted molar refractivity (Wildman–Crippen MR) is 98.6 cm³/mol. The summed E-state index contributed by atoms with van der Waals surface area (Å²) in [6.07, 6.45) is 1.68. The van der Waals surface area contributed by atoms with Crippen LogP contribution in [0.1, 0.15) is 11.1 Å². The van der Waals surface area contributed by atoms with Crippen molar-refractivity contribution in [3.05, 3.63) is 68.9 Å². The van der Waals surface area contributed by atoms with Gasteiger partial charge in [0.2, 0.25) is 5.88 Å². The molecule has 0 radical (unpaired) electrons. The van der Waals surface area contributed by atoms with Gasteiger partial charge in [-0.15, -0.1) is 18.3 Å². The van der Waals surface area contributed by atoms with Crippen molar-refractivity contribution in [2.24, 2.45) is 19.1 Å². The van der Waals surface area contributed by atoms with Gasteiger partial charge in [-0.25, -0.2) is 9.79 Å². The first kappa shape index (κ1) is 17.8. The van der Waals surface area contributed by atoms with Crippen LogP contribution in [0.3, 0.4) is 0 Å². The number of aromatic nitrogens is 2. The molecule has 6 nitrogen and oxygen atoms in total. The molecule has 24 heavy (non-hydrogen) atoms. The minimum absolute atomic E-state index is 0.00737. The number of rotatable bonds is 4. The summed E-state index contributed by atoms with van der Waals surface area (Å²) in [4.78, 5) is 28.9. The lowest BCUT2D eigenvalue weighted by molar-refractivity contribution is 0.410. The Balaban J connectivity index is 2.72. The van der Waals surface area contributed by atoms with Crippen LogP contribution in [0, 0.1) is 6.92 Å². The van der Waals surface area contributed by atoms with Crippen LogP contribution in [-0.2, 0) is 14.1 Å². The van der Waals surface area contributed by atoms with Gasteiger partial charge in [0.05, 0.1) is 5.69 Å². The van der Waals surface area contributed by atoms with E-state index in [2.05, 4.69) is 11.6 Å². The van der Waals surface area contributed by atoms with Crippen molar-refractivity contribution in [1.82, 2.24) is 9.13 Å². The van der Waals surface area contributed by atoms with E-state index in [1.165, 1.54) is 25.9 Å². The summed E-state index contributed by atoms with van der Waals surface area (Å²) in [6.45, 7) is 5.61. The van der Waals surface area contributed by atoms with E-state index in [0.29, 0.717) is 16.5 Å². The normalized spacial score (nSPS) is 11.5. The molecule has 1 aromatic heterocycles. The first-order chi connectivity index (χ1) is 11.4. The van der Waals surface area contributed by atoms with Crippen LogP contribution in [0.25, 0.3) is 0 Å². The number of hydrogen-bond acceptors (Lipinski definition) is 5. The maximum Gasteiger partial charge on any atom is 0.333 e. The van der Waals surface area contributed by atoms with Gasteiger partial charge >= 0.3 is 5.69 Å². The molecule has 0 unspecified atom stereocenters. The van der Waals surface area contributed by atoms with Crippen LogP contribution < -0.4 is 11.2 Å². The van der Waals surface area contributed by atoms with Crippen LogP contribution in [0.2, 0.25) is 0 Å². The van der Waals surface area contributed by atoms with Crippen LogP contribution in [0.15, 0.2) is 51.5 Å². The zero-order valence-electron chi connectivity index (χ0n) is 13.8. The fourth-order valence-electron chi connectivity index (χ4n) is 2.13. The molecule has 2 aromatic rings. The minimum atomic E-state index is -0.593. The van der Waals surface area contributed by atoms with Gasteiger partial charge in [0, 0.05) is 19.8 Å². The Labute approximate surface area is 143 Å². The predicted octanol–water partition coefficient (Wildman–Crippen LogP) is 2.10. The maximum atomic E-state index is 12.5. The highest BCUT2D eigenvalue weighted by atomic mass is 32.2. The summed E-state index contributed by atoms with van der Waals surface area (Å²) < 4.78 is 1.98. The molecule has 0 fully saturated rings. The van der Waals surface area contributed by atoms with E-state index in [4.69, 9.17) is 0 Å². The van der Waals surface area contributed by atoms with Crippen LogP contribution >= 0.6 is 11.8 Å². The Bertz CT molecular complexity index is 926. The zero-order valence-corrected chi connectivity index (χ0v) is 14.6. The lowest BCUT2D eigenvalue weighted by Gasteiger charge is -2.12. The third-order valence-electron chi connectivity index (χ3n) is 3.42. The molecule has 7 heteroatoms. The molecular weight excluding hydrogens is 326 g/mol. The number of aryl methyl sites for hydroxylation is 1. The monoisotopic (exact) mass is 345 g/mol. The average Bonchev–Trinajstić information content (AvgIpc) is 2.56. The molecule has 0 aliphatic carbocycles. The Morgan fingerprint density at radius 1 is 1.33 bits per heavy atom. The standard InChI is InChI=1S/C17H19N3O3S/c1-5-9-24-14(18-12-8-6-7-11(2)10-12)13-15(21)19(3)17(23)20(4)16(13)22/h5-8,10,21H,1,9H2,2-4H3. The number of thioether (sulfide) groups is 1. The smallest absolute Gasteiger partial charge is 0.333 e. The van der Waals surface area contributed by atoms with Crippen LogP contribution in [-0.4, -0.2) is 25.0 Å². The summed E-state index contributed by atoms with van der Waals surface area (Å²) in [7, 11) is 2.78. The second-order valence-electron chi connectivity index (χ2n) is 5.26. The van der Waals surface area contributed by atoms with Gasteiger partial charge in [0.15, 0.2) is 0 Å². The molecule has 0 bridgehead atoms. The Morgan fingerprint density at radius 3 is 2.67 bits per heavy atom. The lowest BCUT2D eigenvalue weighted by atomic mass is 10.2. The van der Waals surface area contributed by atoms with E-state index in [-0.39, 0.29) is 5.56 Å². The molecule has 1 N–H and O–H groups in total. The van der Waals surface area contributed by atoms with Crippen molar-refractivity contribution in [1.29, 1.82) is 0 Å². The molecule has 126 valence electrons. The number of hydrogen-bond donors (Lipinski definition) is 1. The highest BCUT2D eigenvalue weighted by Crippen LogP contribution is 2.23. The van der Waals surface area contributed by atoms with Crippen LogP contribution in [0.5, 0.6) is 5.88 Å². The first-order valence-corrected chi connectivity index (χ1v) is 8.23. The van der Waals surface area contributed by atoms with E-state index in [1.54, 1.807) is 6.08 Å². The third kappa shape index (κ3) is 3.51. The Morgan fingerprint density at radius 2 is 2.04 bits per heavy atom. The van der Waals surface area contributed by atoms with Gasteiger partial charge in [0.25, 0.3) is 5.56 Å². The van der Waals surface area contributed by atoms with Crippen molar-refractivity contribution in [3.63, 3.8) is 0 Å². The van der Waals surface area contributed by atoms with Crippen LogP contribution in [0.4, 0.5) is 5.69 Å². The van der Waals surface area contributed by atoms with E-state index in [9.17, 15) is 14.7 Å². The van der Waals surface area contributed by atoms with Gasteiger partial charge in [-0.2, -0.15) is 0 Å². The van der Waals surface area contributed by atoms with Crippen molar-refractivity contribution < 1.29 is 5.11 Å². The van der Waals surface area contributed by atoms with E-state index >= 15 is 0 Å². The van der Waals surface area contributed by atoms with Gasteiger partial charge in [-0.1, -0.05) is 18.2 Å². The molecule has 0 aliphatic heterocycles. The van der Waals surface area contributed by atoms with Gasteiger partial charge in [-0.05, 0) is 24.6 Å². The summed E-state index contributed by atoms with van der Waals surface area (Å²) in [6, 6.07) is 7.49. The largest absolute Gasteiger partial charge is 0.494 e. The third-order valence-corrected chi connectivity index (χ3v) is 4.39. The Hall–Kier alpha value is -2.54. The molecule has 0 spiro atoms. The fourth-order valence-corrected chi connectivity index (χ4v) is 2.90. The molecule has 0 saturated carbocycles. The first-order valence-electron chi connectivity index (χ1n) is 7.25. The quantitative estimate of drug-likeness (QED) is 0.523. The SMILES string of the molecule is C=CCSC(=Nc1cccc(C)c1)c1c(O)n(C)c(=O)n(C)c1=O. The molecule has 0 amide bonds. The van der Waals surface area contributed by atoms with Gasteiger partial charge < -0.3 is 5.11 Å². The lowest BCUT2D eigenvalue weighted by Crippen LogP contribution is -2.39. The van der Waals surface area contributed by atoms with E-state index in [0.717, 1.165) is 14.7 Å². The summed E-state index contributed by atoms with van der Waals surface area (Å²) in [5.74, 6) is 0.113. The highest BCUT2D eigenvalue weighted by Gasteiger charge is 2.20. The second kappa shape index (κ2) is 7.35.